The molecule has 0 atom stereocenters. The van der Waals surface area contributed by atoms with Crippen molar-refractivity contribution in [2.75, 3.05) is 18.5 Å². The molecule has 0 heterocycles. The van der Waals surface area contributed by atoms with E-state index >= 15 is 0 Å². The molecule has 5 nitrogen and oxygen atoms in total. The second-order valence-electron chi connectivity index (χ2n) is 6.85. The van der Waals surface area contributed by atoms with Gasteiger partial charge < -0.3 is 14.8 Å². The molecule has 0 unspecified atom stereocenters. The third-order valence-electron chi connectivity index (χ3n) is 5.04. The fraction of sp³-hybridized carbons (Fsp3) is 0.364. The van der Waals surface area contributed by atoms with E-state index in [9.17, 15) is 14.0 Å². The maximum absolute atomic E-state index is 13.3. The van der Waals surface area contributed by atoms with Gasteiger partial charge >= 0.3 is 5.97 Å². The highest BCUT2D eigenvalue weighted by Gasteiger charge is 2.44. The number of benzene rings is 2. The van der Waals surface area contributed by atoms with Crippen LogP contribution >= 0.6 is 0 Å². The summed E-state index contributed by atoms with van der Waals surface area (Å²) in [7, 11) is 0. The lowest BCUT2D eigenvalue weighted by Gasteiger charge is -2.27. The Labute approximate surface area is 163 Å². The zero-order valence-corrected chi connectivity index (χ0v) is 15.9. The molecular formula is C22H24FNO4. The minimum atomic E-state index is -0.808. The Kier molecular flexibility index (Phi) is 6.29. The van der Waals surface area contributed by atoms with Gasteiger partial charge in [-0.1, -0.05) is 37.1 Å². The van der Waals surface area contributed by atoms with Gasteiger partial charge in [0.05, 0.1) is 17.7 Å². The Hall–Kier alpha value is -2.89. The second-order valence-corrected chi connectivity index (χ2v) is 6.85. The van der Waals surface area contributed by atoms with Gasteiger partial charge in [-0.25, -0.2) is 4.39 Å². The van der Waals surface area contributed by atoms with Crippen LogP contribution in [0.2, 0.25) is 0 Å². The van der Waals surface area contributed by atoms with Crippen LogP contribution in [0.25, 0.3) is 0 Å². The lowest BCUT2D eigenvalue weighted by molar-refractivity contribution is -0.153. The van der Waals surface area contributed by atoms with Gasteiger partial charge in [-0.2, -0.15) is 0 Å². The third kappa shape index (κ3) is 4.32. The quantitative estimate of drug-likeness (QED) is 0.725. The summed E-state index contributed by atoms with van der Waals surface area (Å²) in [5, 5.41) is 2.71. The van der Waals surface area contributed by atoms with Gasteiger partial charge in [0.1, 0.15) is 11.6 Å². The highest BCUT2D eigenvalue weighted by atomic mass is 19.1. The SMILES string of the molecule is CCOc1ccccc1NC(=O)COC(=O)C1(c2ccc(F)cc2)CCCC1. The van der Waals surface area contributed by atoms with Crippen molar-refractivity contribution < 1.29 is 23.5 Å². The Bertz CT molecular complexity index is 829. The molecule has 2 aromatic rings. The van der Waals surface area contributed by atoms with Gasteiger partial charge in [0.25, 0.3) is 5.91 Å². The van der Waals surface area contributed by atoms with E-state index in [1.165, 1.54) is 12.1 Å². The number of para-hydroxylation sites is 2. The molecule has 6 heteroatoms. The highest BCUT2D eigenvalue weighted by molar-refractivity contribution is 5.95. The van der Waals surface area contributed by atoms with Gasteiger partial charge in [0.15, 0.2) is 6.61 Å². The van der Waals surface area contributed by atoms with E-state index < -0.39 is 17.3 Å². The largest absolute Gasteiger partial charge is 0.492 e. The summed E-state index contributed by atoms with van der Waals surface area (Å²) >= 11 is 0. The molecule has 1 N–H and O–H groups in total. The van der Waals surface area contributed by atoms with Gasteiger partial charge in [-0.3, -0.25) is 9.59 Å². The standard InChI is InChI=1S/C22H24FNO4/c1-2-27-19-8-4-3-7-18(19)24-20(25)15-28-21(26)22(13-5-6-14-22)16-9-11-17(23)12-10-16/h3-4,7-12H,2,5-6,13-15H2,1H3,(H,24,25). The first-order valence-corrected chi connectivity index (χ1v) is 9.50. The first-order valence-electron chi connectivity index (χ1n) is 9.50. The average Bonchev–Trinajstić information content (AvgIpc) is 3.19. The first kappa shape index (κ1) is 19.9. The van der Waals surface area contributed by atoms with E-state index in [0.29, 0.717) is 30.9 Å². The van der Waals surface area contributed by atoms with Crippen molar-refractivity contribution in [3.05, 3.63) is 59.9 Å². The summed E-state index contributed by atoms with van der Waals surface area (Å²) in [6.45, 7) is 1.95. The van der Waals surface area contributed by atoms with Crippen LogP contribution in [0.15, 0.2) is 48.5 Å². The lowest BCUT2D eigenvalue weighted by Crippen LogP contribution is -2.36. The molecule has 0 radical (unpaired) electrons. The van der Waals surface area contributed by atoms with Crippen LogP contribution in [0.5, 0.6) is 5.75 Å². The highest BCUT2D eigenvalue weighted by Crippen LogP contribution is 2.42. The van der Waals surface area contributed by atoms with Crippen molar-refractivity contribution >= 4 is 17.6 Å². The van der Waals surface area contributed by atoms with Gasteiger partial charge in [0, 0.05) is 0 Å². The number of carbonyl (C=O) groups excluding carboxylic acids is 2. The number of halogens is 1. The Balaban J connectivity index is 1.65. The molecule has 1 amide bonds. The molecule has 0 bridgehead atoms. The van der Waals surface area contributed by atoms with Crippen LogP contribution in [-0.4, -0.2) is 25.1 Å². The molecular weight excluding hydrogens is 361 g/mol. The fourth-order valence-electron chi connectivity index (χ4n) is 3.66. The van der Waals surface area contributed by atoms with Crippen LogP contribution < -0.4 is 10.1 Å². The second kappa shape index (κ2) is 8.87. The monoisotopic (exact) mass is 385 g/mol. The Morgan fingerprint density at radius 1 is 1.07 bits per heavy atom. The molecule has 0 saturated heterocycles. The van der Waals surface area contributed by atoms with E-state index in [2.05, 4.69) is 5.32 Å². The van der Waals surface area contributed by atoms with Crippen LogP contribution in [0.3, 0.4) is 0 Å². The summed E-state index contributed by atoms with van der Waals surface area (Å²) in [6.07, 6.45) is 3.04. The van der Waals surface area contributed by atoms with E-state index in [1.807, 2.05) is 13.0 Å². The van der Waals surface area contributed by atoms with Crippen LogP contribution in [0.4, 0.5) is 10.1 Å². The first-order chi connectivity index (χ1) is 13.5. The maximum Gasteiger partial charge on any atom is 0.317 e. The zero-order chi connectivity index (χ0) is 20.0. The molecule has 1 aliphatic rings. The third-order valence-corrected chi connectivity index (χ3v) is 5.04. The number of ether oxygens (including phenoxy) is 2. The molecule has 148 valence electrons. The Morgan fingerprint density at radius 3 is 2.43 bits per heavy atom. The van der Waals surface area contributed by atoms with Crippen molar-refractivity contribution in [2.45, 2.75) is 38.0 Å². The number of hydrogen-bond donors (Lipinski definition) is 1. The number of nitrogens with one attached hydrogen (secondary N) is 1. The molecule has 0 aliphatic heterocycles. The zero-order valence-electron chi connectivity index (χ0n) is 15.9. The maximum atomic E-state index is 13.3. The van der Waals surface area contributed by atoms with E-state index in [0.717, 1.165) is 18.4 Å². The van der Waals surface area contributed by atoms with Crippen molar-refractivity contribution in [3.8, 4) is 5.75 Å². The molecule has 3 rings (SSSR count). The van der Waals surface area contributed by atoms with Gasteiger partial charge in [-0.05, 0) is 49.6 Å². The summed E-state index contributed by atoms with van der Waals surface area (Å²) < 4.78 is 24.1. The average molecular weight is 385 g/mol. The van der Waals surface area contributed by atoms with Crippen LogP contribution in [0.1, 0.15) is 38.2 Å². The summed E-state index contributed by atoms with van der Waals surface area (Å²) in [5.74, 6) is -0.668. The predicted molar refractivity (Wildman–Crippen MR) is 104 cm³/mol. The molecule has 1 saturated carbocycles. The number of anilines is 1. The van der Waals surface area contributed by atoms with Gasteiger partial charge in [0.2, 0.25) is 0 Å². The molecule has 1 aliphatic carbocycles. The van der Waals surface area contributed by atoms with Crippen LogP contribution in [0, 0.1) is 5.82 Å². The lowest BCUT2D eigenvalue weighted by atomic mass is 9.79. The number of amides is 1. The topological polar surface area (TPSA) is 64.6 Å². The van der Waals surface area contributed by atoms with Crippen molar-refractivity contribution in [2.24, 2.45) is 0 Å². The summed E-state index contributed by atoms with van der Waals surface area (Å²) in [6, 6.07) is 13.0. The number of carbonyl (C=O) groups is 2. The van der Waals surface area contributed by atoms with Gasteiger partial charge in [-0.15, -0.1) is 0 Å². The smallest absolute Gasteiger partial charge is 0.317 e. The van der Waals surface area contributed by atoms with E-state index in [1.54, 1.807) is 30.3 Å². The number of esters is 1. The van der Waals surface area contributed by atoms with Crippen molar-refractivity contribution in [1.82, 2.24) is 0 Å². The van der Waals surface area contributed by atoms with Crippen LogP contribution in [-0.2, 0) is 19.7 Å². The number of rotatable bonds is 7. The summed E-state index contributed by atoms with van der Waals surface area (Å²) in [5.41, 5.74) is 0.454. The van der Waals surface area contributed by atoms with E-state index in [4.69, 9.17) is 9.47 Å². The Morgan fingerprint density at radius 2 is 1.75 bits per heavy atom. The molecule has 0 aromatic heterocycles. The fourth-order valence-corrected chi connectivity index (χ4v) is 3.66. The minimum absolute atomic E-state index is 0.349. The molecule has 0 spiro atoms. The number of hydrogen-bond acceptors (Lipinski definition) is 4. The summed E-state index contributed by atoms with van der Waals surface area (Å²) in [4.78, 5) is 25.1. The minimum Gasteiger partial charge on any atom is -0.492 e. The molecule has 1 fully saturated rings. The van der Waals surface area contributed by atoms with Crippen molar-refractivity contribution in [1.29, 1.82) is 0 Å². The normalized spacial score (nSPS) is 15.1. The van der Waals surface area contributed by atoms with E-state index in [-0.39, 0.29) is 12.4 Å². The predicted octanol–water partition coefficient (Wildman–Crippen LogP) is 4.22. The molecule has 2 aromatic carbocycles. The van der Waals surface area contributed by atoms with Crippen molar-refractivity contribution in [3.63, 3.8) is 0 Å². The molecule has 28 heavy (non-hydrogen) atoms.